The van der Waals surface area contributed by atoms with Gasteiger partial charge in [-0.2, -0.15) is 0 Å². The molecule has 19 heavy (non-hydrogen) atoms. The van der Waals surface area contributed by atoms with Crippen molar-refractivity contribution in [2.24, 2.45) is 4.99 Å². The van der Waals surface area contributed by atoms with E-state index in [1.165, 1.54) is 5.56 Å². The molecule has 0 radical (unpaired) electrons. The van der Waals surface area contributed by atoms with Gasteiger partial charge < -0.3 is 15.2 Å². The highest BCUT2D eigenvalue weighted by molar-refractivity contribution is 5.80. The zero-order valence-corrected chi connectivity index (χ0v) is 10.7. The molecule has 0 saturated carbocycles. The van der Waals surface area contributed by atoms with Gasteiger partial charge >= 0.3 is 0 Å². The lowest BCUT2D eigenvalue weighted by Crippen LogP contribution is -2.40. The van der Waals surface area contributed by atoms with Crippen LogP contribution in [0.15, 0.2) is 48.0 Å². The molecule has 2 N–H and O–H groups in total. The molecule has 98 valence electrons. The minimum absolute atomic E-state index is 0.772. The summed E-state index contributed by atoms with van der Waals surface area (Å²) in [7, 11) is 0. The number of nitrogens with zero attached hydrogens (tertiary/aromatic N) is 3. The second-order valence-electron chi connectivity index (χ2n) is 4.50. The molecule has 2 aromatic rings. The molecular weight excluding hydrogens is 238 g/mol. The summed E-state index contributed by atoms with van der Waals surface area (Å²) in [5.41, 5.74) is 2.34. The van der Waals surface area contributed by atoms with E-state index in [9.17, 15) is 0 Å². The monoisotopic (exact) mass is 255 g/mol. The highest BCUT2D eigenvalue weighted by Crippen LogP contribution is 2.10. The van der Waals surface area contributed by atoms with Gasteiger partial charge in [-0.15, -0.1) is 0 Å². The van der Waals surface area contributed by atoms with Crippen LogP contribution in [0.3, 0.4) is 0 Å². The third-order valence-corrected chi connectivity index (χ3v) is 3.07. The summed E-state index contributed by atoms with van der Waals surface area (Å²) in [5.74, 6) is 0.902. The first-order valence-corrected chi connectivity index (χ1v) is 6.51. The highest BCUT2D eigenvalue weighted by Gasteiger charge is 2.03. The summed E-state index contributed by atoms with van der Waals surface area (Å²) >= 11 is 0. The van der Waals surface area contributed by atoms with E-state index in [2.05, 4.69) is 44.9 Å². The lowest BCUT2D eigenvalue weighted by Gasteiger charge is -2.16. The first-order chi connectivity index (χ1) is 9.42. The van der Waals surface area contributed by atoms with E-state index in [0.717, 1.165) is 37.7 Å². The summed E-state index contributed by atoms with van der Waals surface area (Å²) in [6.45, 7) is 2.68. The molecule has 0 saturated heterocycles. The minimum atomic E-state index is 0.772. The fraction of sp³-hybridized carbons (Fsp3) is 0.286. The standard InChI is InChI=1S/C14H17N5/c1-3-12(10-18-14-16-5-2-6-17-14)9-13(4-1)19-8-7-15-11-19/h1,3-4,7-9,11H,2,5-6,10H2,(H2,16,17,18). The Balaban J connectivity index is 1.68. The normalized spacial score (nSPS) is 14.6. The van der Waals surface area contributed by atoms with Gasteiger partial charge in [-0.3, -0.25) is 4.99 Å². The van der Waals surface area contributed by atoms with Gasteiger partial charge in [0.2, 0.25) is 0 Å². The molecule has 2 heterocycles. The Hall–Kier alpha value is -2.30. The Bertz CT molecular complexity index is 559. The topological polar surface area (TPSA) is 54.2 Å². The molecule has 1 aromatic carbocycles. The van der Waals surface area contributed by atoms with Crippen LogP contribution in [0.2, 0.25) is 0 Å². The predicted octanol–water partition coefficient (Wildman–Crippen LogP) is 1.31. The number of imidazole rings is 1. The van der Waals surface area contributed by atoms with Gasteiger partial charge in [-0.1, -0.05) is 12.1 Å². The van der Waals surface area contributed by atoms with Crippen LogP contribution in [-0.2, 0) is 6.54 Å². The van der Waals surface area contributed by atoms with Crippen LogP contribution in [0.25, 0.3) is 5.69 Å². The summed E-state index contributed by atoms with van der Waals surface area (Å²) in [5, 5.41) is 6.58. The fourth-order valence-electron chi connectivity index (χ4n) is 2.08. The first kappa shape index (κ1) is 11.8. The number of hydrogen-bond acceptors (Lipinski definition) is 4. The van der Waals surface area contributed by atoms with Gasteiger partial charge in [0.15, 0.2) is 5.96 Å². The maximum Gasteiger partial charge on any atom is 0.191 e. The van der Waals surface area contributed by atoms with Gasteiger partial charge in [-0.25, -0.2) is 4.98 Å². The van der Waals surface area contributed by atoms with Gasteiger partial charge in [0.25, 0.3) is 0 Å². The largest absolute Gasteiger partial charge is 0.356 e. The maximum atomic E-state index is 4.40. The average molecular weight is 255 g/mol. The van der Waals surface area contributed by atoms with Gasteiger partial charge in [0.1, 0.15) is 0 Å². The van der Waals surface area contributed by atoms with Crippen molar-refractivity contribution >= 4 is 5.96 Å². The van der Waals surface area contributed by atoms with Crippen molar-refractivity contribution in [3.05, 3.63) is 48.5 Å². The van der Waals surface area contributed by atoms with Crippen LogP contribution in [0.1, 0.15) is 12.0 Å². The number of nitrogens with one attached hydrogen (secondary N) is 2. The molecule has 1 aromatic heterocycles. The molecule has 3 rings (SSSR count). The third kappa shape index (κ3) is 2.93. The van der Waals surface area contributed by atoms with Crippen LogP contribution >= 0.6 is 0 Å². The van der Waals surface area contributed by atoms with E-state index in [-0.39, 0.29) is 0 Å². The average Bonchev–Trinajstić information content (AvgIpc) is 3.01. The highest BCUT2D eigenvalue weighted by atomic mass is 15.2. The molecule has 1 aliphatic heterocycles. The number of guanidine groups is 1. The van der Waals surface area contributed by atoms with Crippen molar-refractivity contribution in [1.29, 1.82) is 0 Å². The number of benzene rings is 1. The van der Waals surface area contributed by atoms with Crippen LogP contribution in [-0.4, -0.2) is 28.6 Å². The van der Waals surface area contributed by atoms with Crippen LogP contribution in [0.5, 0.6) is 0 Å². The molecule has 0 spiro atoms. The predicted molar refractivity (Wildman–Crippen MR) is 75.3 cm³/mol. The molecular formula is C14H17N5. The molecule has 0 fully saturated rings. The lowest BCUT2D eigenvalue weighted by molar-refractivity contribution is 0.702. The molecule has 5 nitrogen and oxygen atoms in total. The Labute approximate surface area is 112 Å². The van der Waals surface area contributed by atoms with Crippen molar-refractivity contribution in [2.75, 3.05) is 13.1 Å². The van der Waals surface area contributed by atoms with Crippen LogP contribution in [0.4, 0.5) is 0 Å². The molecule has 0 aliphatic carbocycles. The van der Waals surface area contributed by atoms with E-state index in [1.807, 2.05) is 10.8 Å². The number of rotatable bonds is 3. The van der Waals surface area contributed by atoms with Gasteiger partial charge in [-0.05, 0) is 24.1 Å². The fourth-order valence-corrected chi connectivity index (χ4v) is 2.08. The first-order valence-electron chi connectivity index (χ1n) is 6.51. The maximum absolute atomic E-state index is 4.40. The number of aromatic nitrogens is 2. The van der Waals surface area contributed by atoms with Gasteiger partial charge in [0, 0.05) is 37.7 Å². The number of aliphatic imine (C=N–C) groups is 1. The molecule has 0 bridgehead atoms. The van der Waals surface area contributed by atoms with E-state index in [0.29, 0.717) is 0 Å². The quantitative estimate of drug-likeness (QED) is 0.869. The SMILES string of the molecule is c1cc(CNC2=NCCCN2)cc(-n2ccnc2)c1. The van der Waals surface area contributed by atoms with E-state index >= 15 is 0 Å². The molecule has 0 unspecified atom stereocenters. The second kappa shape index (κ2) is 5.56. The Morgan fingerprint density at radius 2 is 2.37 bits per heavy atom. The lowest BCUT2D eigenvalue weighted by atomic mass is 10.2. The van der Waals surface area contributed by atoms with Gasteiger partial charge in [0.05, 0.1) is 6.33 Å². The van der Waals surface area contributed by atoms with E-state index in [4.69, 9.17) is 0 Å². The molecule has 0 amide bonds. The van der Waals surface area contributed by atoms with Crippen molar-refractivity contribution in [3.63, 3.8) is 0 Å². The Morgan fingerprint density at radius 3 is 3.16 bits per heavy atom. The van der Waals surface area contributed by atoms with Crippen LogP contribution in [0, 0.1) is 0 Å². The summed E-state index contributed by atoms with van der Waals surface area (Å²) in [4.78, 5) is 8.46. The smallest absolute Gasteiger partial charge is 0.191 e. The minimum Gasteiger partial charge on any atom is -0.356 e. The van der Waals surface area contributed by atoms with Crippen molar-refractivity contribution in [3.8, 4) is 5.69 Å². The summed E-state index contributed by atoms with van der Waals surface area (Å²) < 4.78 is 2.00. The zero-order chi connectivity index (χ0) is 12.9. The van der Waals surface area contributed by atoms with E-state index in [1.54, 1.807) is 12.5 Å². The van der Waals surface area contributed by atoms with E-state index < -0.39 is 0 Å². The number of hydrogen-bond donors (Lipinski definition) is 2. The summed E-state index contributed by atoms with van der Waals surface area (Å²) in [6.07, 6.45) is 6.64. The molecule has 1 aliphatic rings. The van der Waals surface area contributed by atoms with Crippen molar-refractivity contribution < 1.29 is 0 Å². The zero-order valence-electron chi connectivity index (χ0n) is 10.7. The molecule has 5 heteroatoms. The second-order valence-corrected chi connectivity index (χ2v) is 4.50. The third-order valence-electron chi connectivity index (χ3n) is 3.07. The van der Waals surface area contributed by atoms with Crippen LogP contribution < -0.4 is 10.6 Å². The summed E-state index contributed by atoms with van der Waals surface area (Å²) in [6, 6.07) is 8.39. The Morgan fingerprint density at radius 1 is 1.37 bits per heavy atom. The molecule has 0 atom stereocenters. The van der Waals surface area contributed by atoms with Crippen molar-refractivity contribution in [1.82, 2.24) is 20.2 Å². The van der Waals surface area contributed by atoms with Crippen molar-refractivity contribution in [2.45, 2.75) is 13.0 Å². The Kier molecular flexibility index (Phi) is 3.45.